The number of benzene rings is 2. The molecule has 2 aliphatic heterocycles. The molecule has 2 heterocycles. The Hall–Kier alpha value is -2.40. The summed E-state index contributed by atoms with van der Waals surface area (Å²) >= 11 is 0. The van der Waals surface area contributed by atoms with E-state index in [2.05, 4.69) is 31.8 Å². The Labute approximate surface area is 180 Å². The minimum Gasteiger partial charge on any atom is -0.445 e. The predicted molar refractivity (Wildman–Crippen MR) is 122 cm³/mol. The van der Waals surface area contributed by atoms with Gasteiger partial charge in [-0.15, -0.1) is 0 Å². The Morgan fingerprint density at radius 2 is 1.53 bits per heavy atom. The molecule has 2 bridgehead atoms. The molecule has 0 radical (unpaired) electrons. The number of nitrogens with zero attached hydrogens (tertiary/aromatic N) is 1. The molecule has 2 atom stereocenters. The molecule has 0 N–H and O–H groups in total. The van der Waals surface area contributed by atoms with Gasteiger partial charge in [0.15, 0.2) is 5.78 Å². The topological polar surface area (TPSA) is 46.6 Å². The van der Waals surface area contributed by atoms with Gasteiger partial charge in [-0.3, -0.25) is 4.79 Å². The number of piperidine rings is 1. The first-order valence-corrected chi connectivity index (χ1v) is 14.5. The summed E-state index contributed by atoms with van der Waals surface area (Å²) in [6, 6.07) is 18.2. The standard InChI is InChI=1S/C25H31NO3Si/c1-30(2,3)23-13-9-19(10-14-23)24(27)20-15-21-11-12-22(16-20)26(21)25(28)29-17-18-7-5-4-6-8-18/h4-10,13-14,20-22H,11-12,15-17H2,1-3H3. The number of rotatable bonds is 5. The highest BCUT2D eigenvalue weighted by molar-refractivity contribution is 6.88. The number of amides is 1. The van der Waals surface area contributed by atoms with Crippen molar-refractivity contribution in [2.75, 3.05) is 0 Å². The molecule has 2 aliphatic rings. The van der Waals surface area contributed by atoms with Crippen LogP contribution in [-0.2, 0) is 11.3 Å². The third-order valence-electron chi connectivity index (χ3n) is 6.56. The van der Waals surface area contributed by atoms with E-state index in [1.807, 2.05) is 47.4 Å². The highest BCUT2D eigenvalue weighted by Crippen LogP contribution is 2.40. The highest BCUT2D eigenvalue weighted by Gasteiger charge is 2.45. The largest absolute Gasteiger partial charge is 0.445 e. The summed E-state index contributed by atoms with van der Waals surface area (Å²) in [4.78, 5) is 27.8. The van der Waals surface area contributed by atoms with E-state index in [-0.39, 0.29) is 29.9 Å². The van der Waals surface area contributed by atoms with Crippen LogP contribution in [-0.4, -0.2) is 36.9 Å². The van der Waals surface area contributed by atoms with Crippen LogP contribution in [0.5, 0.6) is 0 Å². The van der Waals surface area contributed by atoms with Gasteiger partial charge in [0.1, 0.15) is 6.61 Å². The van der Waals surface area contributed by atoms with Gasteiger partial charge in [-0.25, -0.2) is 4.79 Å². The molecule has 5 heteroatoms. The van der Waals surface area contributed by atoms with E-state index in [9.17, 15) is 9.59 Å². The Balaban J connectivity index is 1.38. The van der Waals surface area contributed by atoms with Gasteiger partial charge in [0.25, 0.3) is 0 Å². The van der Waals surface area contributed by atoms with Crippen molar-refractivity contribution in [2.45, 2.75) is 64.0 Å². The second-order valence-corrected chi connectivity index (χ2v) is 14.8. The molecule has 2 aromatic carbocycles. The highest BCUT2D eigenvalue weighted by atomic mass is 28.3. The van der Waals surface area contributed by atoms with Crippen molar-refractivity contribution < 1.29 is 14.3 Å². The zero-order valence-corrected chi connectivity index (χ0v) is 19.1. The van der Waals surface area contributed by atoms with Crippen molar-refractivity contribution in [1.82, 2.24) is 4.90 Å². The van der Waals surface area contributed by atoms with Crippen molar-refractivity contribution in [1.29, 1.82) is 0 Å². The zero-order chi connectivity index (χ0) is 21.3. The third-order valence-corrected chi connectivity index (χ3v) is 8.62. The summed E-state index contributed by atoms with van der Waals surface area (Å²) in [5, 5.41) is 1.37. The fourth-order valence-electron chi connectivity index (χ4n) is 4.85. The molecule has 0 aromatic heterocycles. The normalized spacial score (nSPS) is 23.3. The van der Waals surface area contributed by atoms with Crippen LogP contribution in [0.4, 0.5) is 4.79 Å². The molecule has 30 heavy (non-hydrogen) atoms. The van der Waals surface area contributed by atoms with Crippen LogP contribution < -0.4 is 5.19 Å². The van der Waals surface area contributed by atoms with Gasteiger partial charge >= 0.3 is 6.09 Å². The number of hydrogen-bond acceptors (Lipinski definition) is 3. The van der Waals surface area contributed by atoms with Crippen LogP contribution >= 0.6 is 0 Å². The zero-order valence-electron chi connectivity index (χ0n) is 18.1. The van der Waals surface area contributed by atoms with Gasteiger partial charge in [0, 0.05) is 23.6 Å². The maximum Gasteiger partial charge on any atom is 0.410 e. The van der Waals surface area contributed by atoms with Crippen LogP contribution in [0.25, 0.3) is 0 Å². The van der Waals surface area contributed by atoms with E-state index < -0.39 is 8.07 Å². The van der Waals surface area contributed by atoms with Gasteiger partial charge in [0.2, 0.25) is 0 Å². The summed E-state index contributed by atoms with van der Waals surface area (Å²) < 4.78 is 5.58. The number of carbonyl (C=O) groups is 2. The van der Waals surface area contributed by atoms with E-state index in [4.69, 9.17) is 4.74 Å². The lowest BCUT2D eigenvalue weighted by molar-refractivity contribution is 0.0485. The molecule has 0 aliphatic carbocycles. The summed E-state index contributed by atoms with van der Waals surface area (Å²) in [7, 11) is -1.37. The van der Waals surface area contributed by atoms with Crippen molar-refractivity contribution >= 4 is 25.1 Å². The smallest absolute Gasteiger partial charge is 0.410 e. The number of fused-ring (bicyclic) bond motifs is 2. The average molecular weight is 422 g/mol. The molecular formula is C25H31NO3Si. The number of ether oxygens (including phenoxy) is 1. The summed E-state index contributed by atoms with van der Waals surface area (Å²) in [5.41, 5.74) is 1.80. The molecule has 0 spiro atoms. The van der Waals surface area contributed by atoms with Gasteiger partial charge in [-0.1, -0.05) is 79.4 Å². The lowest BCUT2D eigenvalue weighted by atomic mass is 9.85. The predicted octanol–water partition coefficient (Wildman–Crippen LogP) is 4.99. The lowest BCUT2D eigenvalue weighted by Gasteiger charge is -2.37. The summed E-state index contributed by atoms with van der Waals surface area (Å²) in [6.07, 6.45) is 3.17. The molecule has 2 saturated heterocycles. The molecule has 1 amide bonds. The first kappa shape index (κ1) is 20.9. The minimum atomic E-state index is -1.37. The van der Waals surface area contributed by atoms with Crippen molar-refractivity contribution in [2.24, 2.45) is 5.92 Å². The van der Waals surface area contributed by atoms with Crippen molar-refractivity contribution in [3.05, 3.63) is 65.7 Å². The summed E-state index contributed by atoms with van der Waals surface area (Å²) in [6.45, 7) is 7.23. The molecule has 0 saturated carbocycles. The molecule has 2 aromatic rings. The van der Waals surface area contributed by atoms with Crippen LogP contribution in [0.3, 0.4) is 0 Å². The summed E-state index contributed by atoms with van der Waals surface area (Å²) in [5.74, 6) is 0.227. The van der Waals surface area contributed by atoms with Gasteiger partial charge in [0.05, 0.1) is 8.07 Å². The Bertz CT molecular complexity index is 890. The Morgan fingerprint density at radius 1 is 0.933 bits per heavy atom. The van der Waals surface area contributed by atoms with E-state index >= 15 is 0 Å². The third kappa shape index (κ3) is 4.36. The van der Waals surface area contributed by atoms with Gasteiger partial charge in [-0.05, 0) is 31.2 Å². The lowest BCUT2D eigenvalue weighted by Crippen LogP contribution is -2.48. The fraction of sp³-hybridized carbons (Fsp3) is 0.440. The molecule has 4 rings (SSSR count). The molecule has 2 unspecified atom stereocenters. The van der Waals surface area contributed by atoms with Crippen molar-refractivity contribution in [3.8, 4) is 0 Å². The number of carbonyl (C=O) groups excluding carboxylic acids is 2. The maximum atomic E-state index is 13.1. The first-order chi connectivity index (χ1) is 14.3. The van der Waals surface area contributed by atoms with Crippen LogP contribution in [0, 0.1) is 5.92 Å². The minimum absolute atomic E-state index is 0.00148. The molecule has 158 valence electrons. The van der Waals surface area contributed by atoms with Gasteiger partial charge in [-0.2, -0.15) is 0 Å². The number of Topliss-reactive ketones (excluding diaryl/α,β-unsaturated/α-hetero) is 1. The average Bonchev–Trinajstić information content (AvgIpc) is 3.01. The maximum absolute atomic E-state index is 13.1. The molecular weight excluding hydrogens is 390 g/mol. The first-order valence-electron chi connectivity index (χ1n) is 11.0. The fourth-order valence-corrected chi connectivity index (χ4v) is 6.02. The van der Waals surface area contributed by atoms with E-state index in [0.29, 0.717) is 6.61 Å². The second-order valence-electron chi connectivity index (χ2n) is 9.69. The van der Waals surface area contributed by atoms with Gasteiger partial charge < -0.3 is 9.64 Å². The van der Waals surface area contributed by atoms with Crippen LogP contribution in [0.1, 0.15) is 41.6 Å². The Kier molecular flexibility index (Phi) is 5.83. The number of ketones is 1. The van der Waals surface area contributed by atoms with Crippen LogP contribution in [0.2, 0.25) is 19.6 Å². The van der Waals surface area contributed by atoms with E-state index in [1.165, 1.54) is 5.19 Å². The Morgan fingerprint density at radius 3 is 2.10 bits per heavy atom. The molecule has 2 fully saturated rings. The SMILES string of the molecule is C[Si](C)(C)c1ccc(C(=O)C2CC3CCC(C2)N3C(=O)OCc2ccccc2)cc1. The van der Waals surface area contributed by atoms with E-state index in [1.54, 1.807) is 0 Å². The number of hydrogen-bond donors (Lipinski definition) is 0. The van der Waals surface area contributed by atoms with Crippen molar-refractivity contribution in [3.63, 3.8) is 0 Å². The molecule has 4 nitrogen and oxygen atoms in total. The second kappa shape index (κ2) is 8.38. The monoisotopic (exact) mass is 421 g/mol. The van der Waals surface area contributed by atoms with Crippen LogP contribution in [0.15, 0.2) is 54.6 Å². The van der Waals surface area contributed by atoms with E-state index in [0.717, 1.165) is 36.8 Å². The quantitative estimate of drug-likeness (QED) is 0.504.